The molecule has 0 aliphatic carbocycles. The Bertz CT molecular complexity index is 563. The number of nitrogens with zero attached hydrogens (tertiary/aromatic N) is 3. The normalized spacial score (nSPS) is 11.5. The van der Waals surface area contributed by atoms with Crippen molar-refractivity contribution < 1.29 is 0 Å². The van der Waals surface area contributed by atoms with Gasteiger partial charge < -0.3 is 15.2 Å². The third-order valence-electron chi connectivity index (χ3n) is 3.23. The number of nitrogens with one attached hydrogen (secondary N) is 2. The summed E-state index contributed by atoms with van der Waals surface area (Å²) in [5, 5.41) is 6.61. The van der Waals surface area contributed by atoms with Gasteiger partial charge in [-0.25, -0.2) is 4.98 Å². The van der Waals surface area contributed by atoms with Crippen LogP contribution in [0.25, 0.3) is 0 Å². The Morgan fingerprint density at radius 1 is 1.23 bits per heavy atom. The quantitative estimate of drug-likeness (QED) is 0.466. The number of guanidine groups is 1. The third kappa shape index (κ3) is 5.44. The second-order valence-corrected chi connectivity index (χ2v) is 5.88. The van der Waals surface area contributed by atoms with E-state index in [4.69, 9.17) is 0 Å². The SMILES string of the molecule is CN=C(NCCSC)NCc1ccc(Cn2ccnc2)cc1. The van der Waals surface area contributed by atoms with Gasteiger partial charge in [0.2, 0.25) is 0 Å². The molecule has 0 spiro atoms. The molecule has 22 heavy (non-hydrogen) atoms. The van der Waals surface area contributed by atoms with Gasteiger partial charge in [0.15, 0.2) is 5.96 Å². The molecule has 0 saturated carbocycles. The second kappa shape index (κ2) is 9.15. The summed E-state index contributed by atoms with van der Waals surface area (Å²) in [6, 6.07) is 8.60. The first-order chi connectivity index (χ1) is 10.8. The highest BCUT2D eigenvalue weighted by Gasteiger charge is 1.99. The number of thioether (sulfide) groups is 1. The fourth-order valence-corrected chi connectivity index (χ4v) is 2.34. The van der Waals surface area contributed by atoms with Crippen LogP contribution in [0.2, 0.25) is 0 Å². The van der Waals surface area contributed by atoms with E-state index < -0.39 is 0 Å². The summed E-state index contributed by atoms with van der Waals surface area (Å²) in [6.45, 7) is 2.54. The van der Waals surface area contributed by atoms with E-state index in [1.165, 1.54) is 11.1 Å². The summed E-state index contributed by atoms with van der Waals surface area (Å²) >= 11 is 1.82. The van der Waals surface area contributed by atoms with Crippen LogP contribution in [0.4, 0.5) is 0 Å². The van der Waals surface area contributed by atoms with Gasteiger partial charge in [-0.2, -0.15) is 11.8 Å². The van der Waals surface area contributed by atoms with Gasteiger partial charge in [-0.15, -0.1) is 0 Å². The van der Waals surface area contributed by atoms with Crippen molar-refractivity contribution in [3.05, 3.63) is 54.1 Å². The van der Waals surface area contributed by atoms with Crippen molar-refractivity contribution >= 4 is 17.7 Å². The van der Waals surface area contributed by atoms with Crippen LogP contribution in [0.15, 0.2) is 48.0 Å². The lowest BCUT2D eigenvalue weighted by Crippen LogP contribution is -2.37. The van der Waals surface area contributed by atoms with Crippen LogP contribution >= 0.6 is 11.8 Å². The minimum absolute atomic E-state index is 0.768. The van der Waals surface area contributed by atoms with Crippen molar-refractivity contribution in [1.82, 2.24) is 20.2 Å². The number of benzene rings is 1. The molecule has 2 rings (SSSR count). The van der Waals surface area contributed by atoms with E-state index in [9.17, 15) is 0 Å². The highest BCUT2D eigenvalue weighted by Crippen LogP contribution is 2.06. The van der Waals surface area contributed by atoms with Gasteiger partial charge >= 0.3 is 0 Å². The molecule has 2 aromatic rings. The smallest absolute Gasteiger partial charge is 0.191 e. The molecule has 0 aliphatic heterocycles. The molecule has 6 heteroatoms. The van der Waals surface area contributed by atoms with Crippen molar-refractivity contribution in [2.75, 3.05) is 25.6 Å². The van der Waals surface area contributed by atoms with Crippen molar-refractivity contribution in [1.29, 1.82) is 0 Å². The number of hydrogen-bond donors (Lipinski definition) is 2. The van der Waals surface area contributed by atoms with Gasteiger partial charge in [0.25, 0.3) is 0 Å². The van der Waals surface area contributed by atoms with E-state index in [0.717, 1.165) is 31.3 Å². The summed E-state index contributed by atoms with van der Waals surface area (Å²) in [6.07, 6.45) is 7.70. The molecule has 2 N–H and O–H groups in total. The molecule has 0 aliphatic rings. The number of aliphatic imine (C=N–C) groups is 1. The van der Waals surface area contributed by atoms with Crippen LogP contribution in [0.5, 0.6) is 0 Å². The number of hydrogen-bond acceptors (Lipinski definition) is 3. The van der Waals surface area contributed by atoms with Crippen LogP contribution in [-0.4, -0.2) is 41.1 Å². The molecule has 0 fully saturated rings. The lowest BCUT2D eigenvalue weighted by atomic mass is 10.1. The summed E-state index contributed by atoms with van der Waals surface area (Å²) in [4.78, 5) is 8.27. The largest absolute Gasteiger partial charge is 0.356 e. The van der Waals surface area contributed by atoms with Gasteiger partial charge in [-0.1, -0.05) is 24.3 Å². The summed E-state index contributed by atoms with van der Waals surface area (Å²) in [7, 11) is 1.79. The van der Waals surface area contributed by atoms with E-state index >= 15 is 0 Å². The molecule has 0 bridgehead atoms. The molecule has 1 heterocycles. The summed E-state index contributed by atoms with van der Waals surface area (Å²) in [5.41, 5.74) is 2.51. The molecule has 1 aromatic heterocycles. The maximum Gasteiger partial charge on any atom is 0.191 e. The molecular weight excluding hydrogens is 294 g/mol. The number of rotatable bonds is 7. The van der Waals surface area contributed by atoms with Gasteiger partial charge in [-0.05, 0) is 17.4 Å². The van der Waals surface area contributed by atoms with Crippen LogP contribution < -0.4 is 10.6 Å². The zero-order valence-corrected chi connectivity index (χ0v) is 13.9. The van der Waals surface area contributed by atoms with Gasteiger partial charge in [0.05, 0.1) is 6.33 Å². The first-order valence-electron chi connectivity index (χ1n) is 7.29. The van der Waals surface area contributed by atoms with E-state index in [1.807, 2.05) is 24.3 Å². The molecule has 118 valence electrons. The zero-order valence-electron chi connectivity index (χ0n) is 13.1. The van der Waals surface area contributed by atoms with Crippen molar-refractivity contribution in [3.8, 4) is 0 Å². The lowest BCUT2D eigenvalue weighted by Gasteiger charge is -2.12. The number of aromatic nitrogens is 2. The maximum absolute atomic E-state index is 4.22. The minimum atomic E-state index is 0.768. The van der Waals surface area contributed by atoms with Crippen LogP contribution in [0.3, 0.4) is 0 Å². The summed E-state index contributed by atoms with van der Waals surface area (Å²) in [5.74, 6) is 1.92. The Morgan fingerprint density at radius 3 is 2.64 bits per heavy atom. The molecule has 0 unspecified atom stereocenters. The van der Waals surface area contributed by atoms with E-state index in [-0.39, 0.29) is 0 Å². The lowest BCUT2D eigenvalue weighted by molar-refractivity contribution is 0.794. The molecule has 0 amide bonds. The Hall–Kier alpha value is -1.95. The Balaban J connectivity index is 1.80. The first kappa shape index (κ1) is 16.4. The Labute approximate surface area is 136 Å². The molecule has 5 nitrogen and oxygen atoms in total. The minimum Gasteiger partial charge on any atom is -0.356 e. The van der Waals surface area contributed by atoms with Crippen molar-refractivity contribution in [3.63, 3.8) is 0 Å². The molecular formula is C16H23N5S. The third-order valence-corrected chi connectivity index (χ3v) is 3.84. The first-order valence-corrected chi connectivity index (χ1v) is 8.68. The second-order valence-electron chi connectivity index (χ2n) is 4.90. The predicted octanol–water partition coefficient (Wildman–Crippen LogP) is 1.96. The van der Waals surface area contributed by atoms with Crippen LogP contribution in [0.1, 0.15) is 11.1 Å². The Morgan fingerprint density at radius 2 is 2.00 bits per heavy atom. The fourth-order valence-electron chi connectivity index (χ4n) is 2.03. The van der Waals surface area contributed by atoms with Gasteiger partial charge in [-0.3, -0.25) is 4.99 Å². The number of imidazole rings is 1. The highest BCUT2D eigenvalue weighted by atomic mass is 32.2. The topological polar surface area (TPSA) is 54.2 Å². The van der Waals surface area contributed by atoms with E-state index in [2.05, 4.69) is 55.7 Å². The monoisotopic (exact) mass is 317 g/mol. The fraction of sp³-hybridized carbons (Fsp3) is 0.375. The summed E-state index contributed by atoms with van der Waals surface area (Å²) < 4.78 is 2.06. The average Bonchev–Trinajstić information content (AvgIpc) is 3.05. The standard InChI is InChI=1S/C16H23N5S/c1-17-16(19-8-10-22-2)20-11-14-3-5-15(6-4-14)12-21-9-7-18-13-21/h3-7,9,13H,8,10-12H2,1-2H3,(H2,17,19,20). The molecule has 1 aromatic carbocycles. The molecule has 0 atom stereocenters. The Kier molecular flexibility index (Phi) is 6.83. The van der Waals surface area contributed by atoms with Gasteiger partial charge in [0.1, 0.15) is 0 Å². The van der Waals surface area contributed by atoms with E-state index in [1.54, 1.807) is 13.2 Å². The zero-order chi connectivity index (χ0) is 15.6. The van der Waals surface area contributed by atoms with Crippen LogP contribution in [-0.2, 0) is 13.1 Å². The van der Waals surface area contributed by atoms with Crippen molar-refractivity contribution in [2.24, 2.45) is 4.99 Å². The van der Waals surface area contributed by atoms with E-state index in [0.29, 0.717) is 0 Å². The molecule has 0 radical (unpaired) electrons. The van der Waals surface area contributed by atoms with Crippen molar-refractivity contribution in [2.45, 2.75) is 13.1 Å². The average molecular weight is 317 g/mol. The van der Waals surface area contributed by atoms with Crippen LogP contribution in [0, 0.1) is 0 Å². The maximum atomic E-state index is 4.22. The molecule has 0 saturated heterocycles. The predicted molar refractivity (Wildman–Crippen MR) is 94.4 cm³/mol. The van der Waals surface area contributed by atoms with Gasteiger partial charge in [0, 0.05) is 44.8 Å². The highest BCUT2D eigenvalue weighted by molar-refractivity contribution is 7.98.